The van der Waals surface area contributed by atoms with E-state index >= 15 is 0 Å². The van der Waals surface area contributed by atoms with E-state index in [1.54, 1.807) is 6.08 Å². The Balaban J connectivity index is 2.44. The monoisotopic (exact) mass is 374 g/mol. The van der Waals surface area contributed by atoms with Crippen molar-refractivity contribution in [2.24, 2.45) is 0 Å². The van der Waals surface area contributed by atoms with Crippen LogP contribution in [0.15, 0.2) is 29.7 Å². The molecule has 5 nitrogen and oxygen atoms in total. The molecule has 9 heteroatoms. The lowest BCUT2D eigenvalue weighted by Crippen LogP contribution is -2.27. The number of hydrogen-bond donors (Lipinski definition) is 0. The normalized spacial score (nSPS) is 16.5. The van der Waals surface area contributed by atoms with Gasteiger partial charge in [0.1, 0.15) is 9.34 Å². The van der Waals surface area contributed by atoms with Crippen molar-refractivity contribution in [3.8, 4) is 0 Å². The van der Waals surface area contributed by atoms with Crippen LogP contribution in [0.2, 0.25) is 10.0 Å². The zero-order valence-electron chi connectivity index (χ0n) is 10.9. The molecule has 2 rings (SSSR count). The van der Waals surface area contributed by atoms with Gasteiger partial charge in [-0.1, -0.05) is 53.3 Å². The molecular formula is C13H8Cl2N2O3S2. The molecule has 1 fully saturated rings. The number of benzene rings is 1. The molecule has 1 aliphatic heterocycles. The molecule has 0 unspecified atom stereocenters. The van der Waals surface area contributed by atoms with E-state index in [1.807, 2.05) is 0 Å². The van der Waals surface area contributed by atoms with Crippen LogP contribution in [0.4, 0.5) is 5.69 Å². The number of carbonyl (C=O) groups is 1. The Labute approximate surface area is 145 Å². The van der Waals surface area contributed by atoms with Crippen molar-refractivity contribution in [1.29, 1.82) is 0 Å². The third-order valence-electron chi connectivity index (χ3n) is 2.73. The fraction of sp³-hybridized carbons (Fsp3) is 0.0769. The highest BCUT2D eigenvalue weighted by atomic mass is 35.5. The minimum atomic E-state index is -0.612. The predicted octanol–water partition coefficient (Wildman–Crippen LogP) is 4.29. The third kappa shape index (κ3) is 3.33. The molecule has 0 atom stereocenters. The van der Waals surface area contributed by atoms with Gasteiger partial charge in [-0.15, -0.1) is 6.58 Å². The number of nitro benzene ring substituents is 1. The van der Waals surface area contributed by atoms with Gasteiger partial charge in [0.05, 0.1) is 9.83 Å². The number of nitro groups is 1. The van der Waals surface area contributed by atoms with Crippen LogP contribution in [0.5, 0.6) is 0 Å². The first kappa shape index (κ1) is 17.0. The van der Waals surface area contributed by atoms with Gasteiger partial charge < -0.3 is 0 Å². The number of thiocarbonyl (C=S) groups is 1. The largest absolute Gasteiger partial charge is 0.289 e. The van der Waals surface area contributed by atoms with Crippen LogP contribution >= 0.6 is 47.2 Å². The van der Waals surface area contributed by atoms with E-state index in [2.05, 4.69) is 6.58 Å². The first-order chi connectivity index (χ1) is 10.3. The predicted molar refractivity (Wildman–Crippen MR) is 93.2 cm³/mol. The van der Waals surface area contributed by atoms with E-state index < -0.39 is 4.92 Å². The van der Waals surface area contributed by atoms with E-state index in [0.29, 0.717) is 21.3 Å². The van der Waals surface area contributed by atoms with Crippen molar-refractivity contribution < 1.29 is 9.72 Å². The summed E-state index contributed by atoms with van der Waals surface area (Å²) in [5.41, 5.74) is 0.0516. The van der Waals surface area contributed by atoms with Gasteiger partial charge in [-0.3, -0.25) is 19.8 Å². The Bertz CT molecular complexity index is 734. The molecule has 1 amide bonds. The van der Waals surface area contributed by atoms with Crippen molar-refractivity contribution in [3.05, 3.63) is 55.4 Å². The number of hydrogen-bond acceptors (Lipinski definition) is 5. The second-order valence-corrected chi connectivity index (χ2v) is 6.65. The minimum Gasteiger partial charge on any atom is -0.289 e. The highest BCUT2D eigenvalue weighted by Gasteiger charge is 2.31. The Morgan fingerprint density at radius 3 is 2.68 bits per heavy atom. The summed E-state index contributed by atoms with van der Waals surface area (Å²) < 4.78 is 0.399. The lowest BCUT2D eigenvalue weighted by molar-refractivity contribution is -0.384. The highest BCUT2D eigenvalue weighted by Crippen LogP contribution is 2.36. The molecule has 1 heterocycles. The minimum absolute atomic E-state index is 0.0636. The van der Waals surface area contributed by atoms with E-state index in [9.17, 15) is 14.9 Å². The van der Waals surface area contributed by atoms with Crippen molar-refractivity contribution in [1.82, 2.24) is 4.90 Å². The molecule has 22 heavy (non-hydrogen) atoms. The Hall–Kier alpha value is -1.41. The number of rotatable bonds is 4. The van der Waals surface area contributed by atoms with Gasteiger partial charge in [-0.2, -0.15) is 0 Å². The molecule has 1 aromatic rings. The number of carbonyl (C=O) groups excluding carboxylic acids is 1. The van der Waals surface area contributed by atoms with Crippen molar-refractivity contribution >= 4 is 69.2 Å². The van der Waals surface area contributed by atoms with Crippen molar-refractivity contribution in [2.75, 3.05) is 6.54 Å². The van der Waals surface area contributed by atoms with E-state index in [1.165, 1.54) is 23.1 Å². The number of halogens is 2. The van der Waals surface area contributed by atoms with Gasteiger partial charge in [0.2, 0.25) is 0 Å². The molecule has 1 aliphatic rings. The summed E-state index contributed by atoms with van der Waals surface area (Å²) >= 11 is 18.0. The smallest absolute Gasteiger partial charge is 0.288 e. The van der Waals surface area contributed by atoms with Crippen LogP contribution in [-0.4, -0.2) is 26.6 Å². The van der Waals surface area contributed by atoms with Gasteiger partial charge >= 0.3 is 0 Å². The average molecular weight is 375 g/mol. The fourth-order valence-corrected chi connectivity index (χ4v) is 3.50. The molecule has 0 radical (unpaired) electrons. The fourth-order valence-electron chi connectivity index (χ4n) is 1.73. The SMILES string of the molecule is C=CCN1C(=O)/C(=C\c2cc([N+](=O)[O-])c(Cl)cc2Cl)SC1=S. The molecular weight excluding hydrogens is 367 g/mol. The average Bonchev–Trinajstić information content (AvgIpc) is 2.69. The first-order valence-corrected chi connectivity index (χ1v) is 7.83. The van der Waals surface area contributed by atoms with Crippen molar-refractivity contribution in [2.45, 2.75) is 0 Å². The second kappa shape index (κ2) is 6.78. The molecule has 1 aromatic carbocycles. The Morgan fingerprint density at radius 2 is 2.09 bits per heavy atom. The van der Waals surface area contributed by atoms with E-state index in [-0.39, 0.29) is 21.6 Å². The summed E-state index contributed by atoms with van der Waals surface area (Å²) in [5, 5.41) is 11.1. The van der Waals surface area contributed by atoms with Crippen LogP contribution < -0.4 is 0 Å². The van der Waals surface area contributed by atoms with Gasteiger partial charge in [0, 0.05) is 23.2 Å². The molecule has 0 aliphatic carbocycles. The Kier molecular flexibility index (Phi) is 5.23. The van der Waals surface area contributed by atoms with E-state index in [0.717, 1.165) is 11.8 Å². The first-order valence-electron chi connectivity index (χ1n) is 5.85. The van der Waals surface area contributed by atoms with Crippen molar-refractivity contribution in [3.63, 3.8) is 0 Å². The third-order valence-corrected chi connectivity index (χ3v) is 4.74. The summed E-state index contributed by atoms with van der Waals surface area (Å²) in [4.78, 5) is 24.2. The Morgan fingerprint density at radius 1 is 1.41 bits per heavy atom. The lowest BCUT2D eigenvalue weighted by Gasteiger charge is -2.10. The molecule has 114 valence electrons. The standard InChI is InChI=1S/C13H8Cl2N2O3S2/c1-2-3-16-12(18)11(22-13(16)21)5-7-4-10(17(19)20)9(15)6-8(7)14/h2,4-6H,1,3H2/b11-5+. The molecule has 0 aromatic heterocycles. The van der Waals surface area contributed by atoms with Crippen LogP contribution in [-0.2, 0) is 4.79 Å². The maximum Gasteiger partial charge on any atom is 0.288 e. The molecule has 0 bridgehead atoms. The van der Waals surface area contributed by atoms with Gasteiger partial charge in [0.15, 0.2) is 0 Å². The van der Waals surface area contributed by atoms with E-state index in [4.69, 9.17) is 35.4 Å². The maximum absolute atomic E-state index is 12.2. The summed E-state index contributed by atoms with van der Waals surface area (Å²) in [6.45, 7) is 3.87. The van der Waals surface area contributed by atoms with Crippen LogP contribution in [0.3, 0.4) is 0 Å². The number of nitrogens with zero attached hydrogens (tertiary/aromatic N) is 2. The number of thioether (sulfide) groups is 1. The molecule has 0 saturated carbocycles. The summed E-state index contributed by atoms with van der Waals surface area (Å²) in [6.07, 6.45) is 3.03. The summed E-state index contributed by atoms with van der Waals surface area (Å²) in [7, 11) is 0. The molecule has 0 N–H and O–H groups in total. The molecule has 0 spiro atoms. The zero-order chi connectivity index (χ0) is 16.4. The summed E-state index contributed by atoms with van der Waals surface area (Å²) in [6, 6.07) is 2.50. The lowest BCUT2D eigenvalue weighted by atomic mass is 10.2. The second-order valence-electron chi connectivity index (χ2n) is 4.16. The number of amides is 1. The highest BCUT2D eigenvalue weighted by molar-refractivity contribution is 8.26. The van der Waals surface area contributed by atoms with Gasteiger partial charge in [-0.05, 0) is 12.1 Å². The van der Waals surface area contributed by atoms with Crippen LogP contribution in [0, 0.1) is 10.1 Å². The van der Waals surface area contributed by atoms with Crippen LogP contribution in [0.25, 0.3) is 6.08 Å². The zero-order valence-corrected chi connectivity index (χ0v) is 14.1. The van der Waals surface area contributed by atoms with Gasteiger partial charge in [-0.25, -0.2) is 0 Å². The van der Waals surface area contributed by atoms with Crippen LogP contribution in [0.1, 0.15) is 5.56 Å². The quantitative estimate of drug-likeness (QED) is 0.258. The molecule has 1 saturated heterocycles. The topological polar surface area (TPSA) is 63.5 Å². The summed E-state index contributed by atoms with van der Waals surface area (Å²) in [5.74, 6) is -0.288. The van der Waals surface area contributed by atoms with Gasteiger partial charge in [0.25, 0.3) is 11.6 Å². The maximum atomic E-state index is 12.2.